The van der Waals surface area contributed by atoms with Crippen LogP contribution in [0.5, 0.6) is 5.75 Å². The van der Waals surface area contributed by atoms with E-state index in [4.69, 9.17) is 14.6 Å². The zero-order chi connectivity index (χ0) is 21.7. The molecule has 0 saturated heterocycles. The first-order chi connectivity index (χ1) is 14.3. The van der Waals surface area contributed by atoms with E-state index in [1.165, 1.54) is 11.6 Å². The molecule has 162 valence electrons. The molecule has 3 rings (SSSR count). The number of ether oxygens (including phenoxy) is 2. The fraction of sp³-hybridized carbons (Fsp3) is 0.520. The number of carboxylic acids is 1. The Balaban J connectivity index is 1.81. The zero-order valence-corrected chi connectivity index (χ0v) is 18.2. The lowest BCUT2D eigenvalue weighted by molar-refractivity contribution is -0.141. The van der Waals surface area contributed by atoms with Crippen molar-refractivity contribution in [2.24, 2.45) is 0 Å². The maximum absolute atomic E-state index is 13.1. The van der Waals surface area contributed by atoms with Gasteiger partial charge in [0.15, 0.2) is 0 Å². The normalized spacial score (nSPS) is 18.4. The molecule has 0 bridgehead atoms. The van der Waals surface area contributed by atoms with Gasteiger partial charge in [0.25, 0.3) is 0 Å². The van der Waals surface area contributed by atoms with E-state index in [0.717, 1.165) is 43.4 Å². The molecule has 1 unspecified atom stereocenters. The van der Waals surface area contributed by atoms with E-state index in [1.807, 2.05) is 12.1 Å². The summed E-state index contributed by atoms with van der Waals surface area (Å²) in [6, 6.07) is 6.13. The maximum Gasteiger partial charge on any atom is 0.331 e. The highest BCUT2D eigenvalue weighted by Crippen LogP contribution is 2.40. The second-order valence-corrected chi connectivity index (χ2v) is 8.84. The molecule has 2 aliphatic rings. The summed E-state index contributed by atoms with van der Waals surface area (Å²) in [4.78, 5) is 24.1. The van der Waals surface area contributed by atoms with Crippen LogP contribution in [-0.2, 0) is 19.7 Å². The minimum atomic E-state index is -0.925. The Hall–Kier alpha value is -2.56. The summed E-state index contributed by atoms with van der Waals surface area (Å²) in [7, 11) is 0. The third kappa shape index (κ3) is 5.13. The van der Waals surface area contributed by atoms with Gasteiger partial charge in [0, 0.05) is 12.0 Å². The van der Waals surface area contributed by atoms with Crippen LogP contribution in [0.3, 0.4) is 0 Å². The highest BCUT2D eigenvalue weighted by Gasteiger charge is 2.31. The molecule has 0 fully saturated rings. The van der Waals surface area contributed by atoms with Crippen LogP contribution in [0.2, 0.25) is 0 Å². The van der Waals surface area contributed by atoms with Crippen molar-refractivity contribution in [3.63, 3.8) is 0 Å². The fourth-order valence-corrected chi connectivity index (χ4v) is 4.09. The summed E-state index contributed by atoms with van der Waals surface area (Å²) >= 11 is 0. The molecule has 5 heteroatoms. The summed E-state index contributed by atoms with van der Waals surface area (Å²) in [5.74, 6) is -0.171. The van der Waals surface area contributed by atoms with Gasteiger partial charge in [0.1, 0.15) is 11.5 Å². The number of aliphatic carboxylic acids is 1. The van der Waals surface area contributed by atoms with E-state index in [0.29, 0.717) is 30.8 Å². The van der Waals surface area contributed by atoms with Gasteiger partial charge >= 0.3 is 11.9 Å². The van der Waals surface area contributed by atoms with Crippen LogP contribution in [0.25, 0.3) is 0 Å². The predicted molar refractivity (Wildman–Crippen MR) is 116 cm³/mol. The number of allylic oxidation sites excluding steroid dienone is 3. The van der Waals surface area contributed by atoms with Gasteiger partial charge in [-0.25, -0.2) is 4.79 Å². The van der Waals surface area contributed by atoms with Gasteiger partial charge in [0.05, 0.1) is 12.5 Å². The Morgan fingerprint density at radius 3 is 2.67 bits per heavy atom. The number of carbonyl (C=O) groups is 2. The number of unbranched alkanes of at least 4 members (excludes halogenated alkanes) is 2. The van der Waals surface area contributed by atoms with Gasteiger partial charge in [-0.2, -0.15) is 0 Å². The zero-order valence-electron chi connectivity index (χ0n) is 18.2. The maximum atomic E-state index is 13.1. The molecule has 0 saturated carbocycles. The summed E-state index contributed by atoms with van der Waals surface area (Å²) in [6.45, 7) is 7.26. The third-order valence-electron chi connectivity index (χ3n) is 6.12. The quantitative estimate of drug-likeness (QED) is 0.442. The van der Waals surface area contributed by atoms with Crippen molar-refractivity contribution in [2.75, 3.05) is 6.61 Å². The van der Waals surface area contributed by atoms with E-state index in [9.17, 15) is 9.59 Å². The minimum absolute atomic E-state index is 0.0609. The van der Waals surface area contributed by atoms with Crippen molar-refractivity contribution in [3.8, 4) is 5.75 Å². The van der Waals surface area contributed by atoms with Gasteiger partial charge in [0.2, 0.25) is 0 Å². The van der Waals surface area contributed by atoms with Gasteiger partial charge in [-0.1, -0.05) is 52.2 Å². The molecule has 1 aromatic carbocycles. The molecule has 0 spiro atoms. The molecule has 0 amide bonds. The van der Waals surface area contributed by atoms with E-state index < -0.39 is 5.97 Å². The Labute approximate surface area is 178 Å². The summed E-state index contributed by atoms with van der Waals surface area (Å²) in [5, 5.41) is 9.08. The lowest BCUT2D eigenvalue weighted by atomic mass is 9.78. The molecule has 0 aromatic heterocycles. The molecule has 1 aliphatic heterocycles. The highest BCUT2D eigenvalue weighted by atomic mass is 16.5. The van der Waals surface area contributed by atoms with Crippen molar-refractivity contribution >= 4 is 11.9 Å². The molecule has 1 atom stereocenters. The second kappa shape index (κ2) is 9.50. The van der Waals surface area contributed by atoms with Gasteiger partial charge in [-0.15, -0.1) is 0 Å². The molecule has 1 heterocycles. The summed E-state index contributed by atoms with van der Waals surface area (Å²) in [5.41, 5.74) is 2.50. The van der Waals surface area contributed by atoms with E-state index in [-0.39, 0.29) is 17.3 Å². The predicted octanol–water partition coefficient (Wildman–Crippen LogP) is 5.64. The molecule has 1 aromatic rings. The first-order valence-electron chi connectivity index (χ1n) is 10.9. The fourth-order valence-electron chi connectivity index (χ4n) is 4.09. The second-order valence-electron chi connectivity index (χ2n) is 8.84. The number of hydrogen-bond acceptors (Lipinski definition) is 4. The average Bonchev–Trinajstić information content (AvgIpc) is 2.71. The first-order valence-corrected chi connectivity index (χ1v) is 10.9. The molecule has 1 N–H and O–H groups in total. The Kier molecular flexibility index (Phi) is 7.01. The molecular weight excluding hydrogens is 380 g/mol. The van der Waals surface area contributed by atoms with Crippen LogP contribution in [-0.4, -0.2) is 23.7 Å². The number of benzene rings is 1. The Morgan fingerprint density at radius 1 is 1.20 bits per heavy atom. The van der Waals surface area contributed by atoms with Crippen molar-refractivity contribution in [3.05, 3.63) is 52.8 Å². The number of fused-ring (bicyclic) bond motifs is 1. The highest BCUT2D eigenvalue weighted by molar-refractivity contribution is 5.87. The topological polar surface area (TPSA) is 72.8 Å². The van der Waals surface area contributed by atoms with Gasteiger partial charge in [-0.3, -0.25) is 4.79 Å². The molecular formula is C25H32O5. The van der Waals surface area contributed by atoms with Crippen LogP contribution < -0.4 is 4.74 Å². The summed E-state index contributed by atoms with van der Waals surface area (Å²) < 4.78 is 11.6. The van der Waals surface area contributed by atoms with Crippen molar-refractivity contribution in [2.45, 2.75) is 77.0 Å². The Bertz CT molecular complexity index is 862. The summed E-state index contributed by atoms with van der Waals surface area (Å²) in [6.07, 6.45) is 8.70. The van der Waals surface area contributed by atoms with Crippen LogP contribution in [0.1, 0.15) is 82.8 Å². The van der Waals surface area contributed by atoms with Crippen LogP contribution >= 0.6 is 0 Å². The van der Waals surface area contributed by atoms with Gasteiger partial charge in [-0.05, 0) is 54.0 Å². The number of hydrogen-bond donors (Lipinski definition) is 1. The molecule has 30 heavy (non-hydrogen) atoms. The minimum Gasteiger partial charge on any atom is -0.493 e. The first kappa shape index (κ1) is 22.1. The van der Waals surface area contributed by atoms with Crippen molar-refractivity contribution < 1.29 is 24.2 Å². The standard InChI is InChI=1S/C25H32O5/c1-4-5-6-7-20(24(28)30-19-11-8-17(9-12-19)23(26)27)18-10-13-21-22(16-18)29-15-14-25(21,2)3/h8,10-11,13,16,20H,4-7,9,12,14-15H2,1-3H3,(H,26,27). The van der Waals surface area contributed by atoms with Crippen molar-refractivity contribution in [1.29, 1.82) is 0 Å². The monoisotopic (exact) mass is 412 g/mol. The number of carbonyl (C=O) groups excluding carboxylic acids is 1. The number of carboxylic acid groups (broad SMARTS) is 1. The van der Waals surface area contributed by atoms with Crippen LogP contribution in [0.4, 0.5) is 0 Å². The molecule has 5 nitrogen and oxygen atoms in total. The molecule has 1 aliphatic carbocycles. The van der Waals surface area contributed by atoms with E-state index in [1.54, 1.807) is 6.08 Å². The largest absolute Gasteiger partial charge is 0.493 e. The third-order valence-corrected chi connectivity index (χ3v) is 6.12. The van der Waals surface area contributed by atoms with Crippen molar-refractivity contribution in [1.82, 2.24) is 0 Å². The van der Waals surface area contributed by atoms with Gasteiger partial charge < -0.3 is 14.6 Å². The molecule has 0 radical (unpaired) electrons. The Morgan fingerprint density at radius 2 is 2.00 bits per heavy atom. The smallest absolute Gasteiger partial charge is 0.331 e. The van der Waals surface area contributed by atoms with Crippen LogP contribution in [0.15, 0.2) is 41.7 Å². The van der Waals surface area contributed by atoms with E-state index >= 15 is 0 Å². The number of esters is 1. The SMILES string of the molecule is CCCCCC(C(=O)OC1=CC=C(C(=O)O)CC1)c1ccc2c(c1)OCCC2(C)C. The van der Waals surface area contributed by atoms with Crippen LogP contribution in [0, 0.1) is 0 Å². The number of rotatable bonds is 8. The lowest BCUT2D eigenvalue weighted by Gasteiger charge is -2.33. The van der Waals surface area contributed by atoms with E-state index in [2.05, 4.69) is 26.8 Å². The average molecular weight is 413 g/mol. The lowest BCUT2D eigenvalue weighted by Crippen LogP contribution is -2.27.